The summed E-state index contributed by atoms with van der Waals surface area (Å²) in [6, 6.07) is 3.15. The van der Waals surface area contributed by atoms with Crippen LogP contribution in [-0.4, -0.2) is 0 Å². The lowest BCUT2D eigenvalue weighted by Gasteiger charge is -2.25. The predicted molar refractivity (Wildman–Crippen MR) is 47.6 cm³/mol. The number of halogens is 4. The summed E-state index contributed by atoms with van der Waals surface area (Å²) >= 11 is 0. The summed E-state index contributed by atoms with van der Waals surface area (Å²) < 4.78 is 49.8. The van der Waals surface area contributed by atoms with E-state index >= 15 is 0 Å². The van der Waals surface area contributed by atoms with Gasteiger partial charge in [-0.3, -0.25) is 0 Å². The van der Waals surface area contributed by atoms with Crippen molar-refractivity contribution in [3.05, 3.63) is 41.1 Å². The van der Waals surface area contributed by atoms with Crippen molar-refractivity contribution >= 4 is 0 Å². The number of hydrogen-bond acceptors (Lipinski definition) is 0. The lowest BCUT2D eigenvalue weighted by molar-refractivity contribution is -0.140. The lowest BCUT2D eigenvalue weighted by Crippen LogP contribution is -2.13. The maximum absolute atomic E-state index is 13.1. The van der Waals surface area contributed by atoms with Crippen LogP contribution in [0.15, 0.2) is 18.2 Å². The molecule has 0 amide bonds. The van der Waals surface area contributed by atoms with Gasteiger partial charge in [0.2, 0.25) is 0 Å². The highest BCUT2D eigenvalue weighted by Gasteiger charge is 2.34. The highest BCUT2D eigenvalue weighted by atomic mass is 19.4. The maximum atomic E-state index is 13.1. The summed E-state index contributed by atoms with van der Waals surface area (Å²) in [6.45, 7) is 0. The molecule has 1 radical (unpaired) electrons. The van der Waals surface area contributed by atoms with Gasteiger partial charge in [-0.05, 0) is 30.5 Å². The largest absolute Gasteiger partial charge is 0.419 e. The zero-order valence-corrected chi connectivity index (χ0v) is 7.87. The van der Waals surface area contributed by atoms with Crippen molar-refractivity contribution < 1.29 is 17.6 Å². The fraction of sp³-hybridized carbons (Fsp3) is 0.364. The molecule has 0 nitrogen and oxygen atoms in total. The molecule has 2 rings (SSSR count). The molecule has 1 aliphatic rings. The minimum Gasteiger partial charge on any atom is -0.206 e. The topological polar surface area (TPSA) is 0 Å². The standard InChI is InChI=1S/C11H9F4/c12-10-6-8(7-2-1-3-7)4-5-9(10)11(13,14)15/h4-6H,1-3H2. The molecule has 1 fully saturated rings. The van der Waals surface area contributed by atoms with Crippen molar-refractivity contribution in [1.29, 1.82) is 0 Å². The molecule has 0 aromatic heterocycles. The van der Waals surface area contributed by atoms with Gasteiger partial charge >= 0.3 is 6.18 Å². The van der Waals surface area contributed by atoms with Gasteiger partial charge in [-0.1, -0.05) is 12.5 Å². The Hall–Kier alpha value is -1.06. The molecule has 1 aromatic rings. The minimum absolute atomic E-state index is 0.603. The number of rotatable bonds is 1. The molecule has 0 spiro atoms. The number of hydrogen-bond donors (Lipinski definition) is 0. The predicted octanol–water partition coefficient (Wildman–Crippen LogP) is 3.95. The molecule has 0 bridgehead atoms. The van der Waals surface area contributed by atoms with E-state index in [2.05, 4.69) is 0 Å². The van der Waals surface area contributed by atoms with E-state index in [0.29, 0.717) is 5.56 Å². The molecule has 4 heteroatoms. The first-order valence-corrected chi connectivity index (χ1v) is 4.70. The van der Waals surface area contributed by atoms with Crippen LogP contribution >= 0.6 is 0 Å². The molecule has 1 aromatic carbocycles. The van der Waals surface area contributed by atoms with Crippen LogP contribution in [0.3, 0.4) is 0 Å². The van der Waals surface area contributed by atoms with E-state index in [1.165, 1.54) is 6.07 Å². The van der Waals surface area contributed by atoms with E-state index in [1.54, 1.807) is 0 Å². The average molecular weight is 217 g/mol. The molecule has 0 saturated heterocycles. The Bertz CT molecular complexity index is 363. The van der Waals surface area contributed by atoms with Crippen LogP contribution in [0, 0.1) is 11.7 Å². The van der Waals surface area contributed by atoms with Gasteiger partial charge in [0, 0.05) is 5.92 Å². The molecule has 0 aliphatic heterocycles. The van der Waals surface area contributed by atoms with Gasteiger partial charge in [0.15, 0.2) is 0 Å². The van der Waals surface area contributed by atoms with Crippen LogP contribution < -0.4 is 0 Å². The second-order valence-corrected chi connectivity index (χ2v) is 3.65. The van der Waals surface area contributed by atoms with Gasteiger partial charge in [-0.15, -0.1) is 0 Å². The minimum atomic E-state index is -4.60. The highest BCUT2D eigenvalue weighted by molar-refractivity contribution is 5.37. The van der Waals surface area contributed by atoms with Gasteiger partial charge in [0.25, 0.3) is 0 Å². The lowest BCUT2D eigenvalue weighted by atomic mass is 9.80. The van der Waals surface area contributed by atoms with E-state index in [0.717, 1.165) is 37.3 Å². The molecule has 1 saturated carbocycles. The van der Waals surface area contributed by atoms with Crippen LogP contribution in [0.4, 0.5) is 17.6 Å². The van der Waals surface area contributed by atoms with Gasteiger partial charge in [-0.25, -0.2) is 4.39 Å². The Morgan fingerprint density at radius 2 is 1.73 bits per heavy atom. The molecular weight excluding hydrogens is 208 g/mol. The third kappa shape index (κ3) is 1.98. The summed E-state index contributed by atoms with van der Waals surface area (Å²) in [4.78, 5) is 0. The van der Waals surface area contributed by atoms with Gasteiger partial charge < -0.3 is 0 Å². The molecule has 0 unspecified atom stereocenters. The van der Waals surface area contributed by atoms with Crippen molar-refractivity contribution in [3.63, 3.8) is 0 Å². The van der Waals surface area contributed by atoms with Gasteiger partial charge in [0.05, 0.1) is 5.56 Å². The van der Waals surface area contributed by atoms with Crippen molar-refractivity contribution in [3.8, 4) is 0 Å². The normalized spacial score (nSPS) is 17.6. The van der Waals surface area contributed by atoms with E-state index in [9.17, 15) is 17.6 Å². The quantitative estimate of drug-likeness (QED) is 0.625. The number of benzene rings is 1. The molecule has 0 heterocycles. The van der Waals surface area contributed by atoms with Crippen LogP contribution in [0.2, 0.25) is 0 Å². The Kier molecular flexibility index (Phi) is 2.44. The molecule has 0 atom stereocenters. The van der Waals surface area contributed by atoms with E-state index in [-0.39, 0.29) is 0 Å². The van der Waals surface area contributed by atoms with Crippen molar-refractivity contribution in [2.24, 2.45) is 0 Å². The first kappa shape index (κ1) is 10.5. The molecule has 15 heavy (non-hydrogen) atoms. The maximum Gasteiger partial charge on any atom is 0.419 e. The van der Waals surface area contributed by atoms with Crippen LogP contribution in [0.25, 0.3) is 0 Å². The van der Waals surface area contributed by atoms with Crippen LogP contribution in [-0.2, 0) is 6.18 Å². The monoisotopic (exact) mass is 217 g/mol. The fourth-order valence-corrected chi connectivity index (χ4v) is 1.61. The van der Waals surface area contributed by atoms with E-state index < -0.39 is 17.6 Å². The second-order valence-electron chi connectivity index (χ2n) is 3.65. The summed E-state index contributed by atoms with van der Waals surface area (Å²) in [5.74, 6) is -0.137. The molecule has 81 valence electrons. The van der Waals surface area contributed by atoms with E-state index in [1.807, 2.05) is 0 Å². The average Bonchev–Trinajstić information content (AvgIpc) is 1.97. The Morgan fingerprint density at radius 1 is 1.07 bits per heavy atom. The Labute approximate surface area is 84.9 Å². The molecular formula is C11H9F4. The smallest absolute Gasteiger partial charge is 0.206 e. The van der Waals surface area contributed by atoms with Gasteiger partial charge in [-0.2, -0.15) is 13.2 Å². The third-order valence-electron chi connectivity index (χ3n) is 2.64. The van der Waals surface area contributed by atoms with Crippen LogP contribution in [0.1, 0.15) is 30.4 Å². The SMILES string of the molecule is Fc1cc([C]2CCC2)ccc1C(F)(F)F. The third-order valence-corrected chi connectivity index (χ3v) is 2.64. The summed E-state index contributed by atoms with van der Waals surface area (Å²) in [6.07, 6.45) is -1.83. The Balaban J connectivity index is 2.30. The van der Waals surface area contributed by atoms with Crippen molar-refractivity contribution in [1.82, 2.24) is 0 Å². The molecule has 1 aliphatic carbocycles. The number of alkyl halides is 3. The van der Waals surface area contributed by atoms with E-state index in [4.69, 9.17) is 0 Å². The summed E-state index contributed by atoms with van der Waals surface area (Å²) in [5, 5.41) is 0. The van der Waals surface area contributed by atoms with Gasteiger partial charge in [0.1, 0.15) is 5.82 Å². The van der Waals surface area contributed by atoms with Crippen molar-refractivity contribution in [2.45, 2.75) is 25.4 Å². The zero-order chi connectivity index (χ0) is 11.1. The second kappa shape index (κ2) is 3.51. The first-order chi connectivity index (χ1) is 6.98. The first-order valence-electron chi connectivity index (χ1n) is 4.70. The van der Waals surface area contributed by atoms with Crippen molar-refractivity contribution in [2.75, 3.05) is 0 Å². The summed E-state index contributed by atoms with van der Waals surface area (Å²) in [5.41, 5.74) is -0.585. The molecule has 0 N–H and O–H groups in total. The highest BCUT2D eigenvalue weighted by Crippen LogP contribution is 2.38. The fourth-order valence-electron chi connectivity index (χ4n) is 1.61. The summed E-state index contributed by atoms with van der Waals surface area (Å²) in [7, 11) is 0. The van der Waals surface area contributed by atoms with Crippen LogP contribution in [0.5, 0.6) is 0 Å². The Morgan fingerprint density at radius 3 is 2.13 bits per heavy atom. The zero-order valence-electron chi connectivity index (χ0n) is 7.87.